The van der Waals surface area contributed by atoms with Gasteiger partial charge in [-0.1, -0.05) is 6.07 Å². The Hall–Kier alpha value is -2.81. The number of hydrogen-bond acceptors (Lipinski definition) is 6. The van der Waals surface area contributed by atoms with E-state index in [9.17, 15) is 14.4 Å². The van der Waals surface area contributed by atoms with E-state index in [1.54, 1.807) is 25.1 Å². The number of carbonyl (C=O) groups excluding carboxylic acids is 3. The maximum absolute atomic E-state index is 13.0. The Kier molecular flexibility index (Phi) is 4.84. The fraction of sp³-hybridized carbons (Fsp3) is 0.526. The first-order valence-corrected chi connectivity index (χ1v) is 9.40. The lowest BCUT2D eigenvalue weighted by atomic mass is 9.91. The number of carbonyl (C=O) groups is 3. The van der Waals surface area contributed by atoms with Gasteiger partial charge in [0.05, 0.1) is 6.10 Å². The van der Waals surface area contributed by atoms with E-state index in [4.69, 9.17) is 14.2 Å². The minimum absolute atomic E-state index is 0.00460. The molecule has 2 atom stereocenters. The number of nitrogens with zero attached hydrogens (tertiary/aromatic N) is 1. The van der Waals surface area contributed by atoms with Crippen LogP contribution in [0.2, 0.25) is 0 Å². The summed E-state index contributed by atoms with van der Waals surface area (Å²) in [6.07, 6.45) is 1.86. The molecule has 2 N–H and O–H groups in total. The number of amides is 4. The number of imide groups is 1. The van der Waals surface area contributed by atoms with Gasteiger partial charge >= 0.3 is 6.03 Å². The number of fused-ring (bicyclic) bond motifs is 1. The maximum atomic E-state index is 13.0. The number of benzene rings is 1. The zero-order valence-corrected chi connectivity index (χ0v) is 15.7. The molecule has 1 aromatic carbocycles. The molecule has 9 heteroatoms. The Balaban J connectivity index is 1.44. The van der Waals surface area contributed by atoms with E-state index in [0.29, 0.717) is 43.4 Å². The van der Waals surface area contributed by atoms with Crippen molar-refractivity contribution in [1.29, 1.82) is 0 Å². The Labute approximate surface area is 162 Å². The second-order valence-electron chi connectivity index (χ2n) is 7.24. The molecule has 3 aliphatic heterocycles. The standard InChI is InChI=1S/C19H23N3O6/c1-19(12-4-5-14-15(9-12)28-8-7-27-14)17(24)22(18(25)21-19)11-16(23)20-10-13-3-2-6-26-13/h4-5,9,13H,2-3,6-8,10-11H2,1H3,(H,20,23)(H,21,25)/t13-,19-/m0/s1. The lowest BCUT2D eigenvalue weighted by Gasteiger charge is -2.25. The molecule has 9 nitrogen and oxygen atoms in total. The van der Waals surface area contributed by atoms with Gasteiger partial charge in [-0.25, -0.2) is 4.79 Å². The number of ether oxygens (including phenoxy) is 3. The smallest absolute Gasteiger partial charge is 0.325 e. The van der Waals surface area contributed by atoms with Crippen molar-refractivity contribution >= 4 is 17.8 Å². The molecule has 0 aromatic heterocycles. The van der Waals surface area contributed by atoms with Crippen molar-refractivity contribution in [2.24, 2.45) is 0 Å². The predicted molar refractivity (Wildman–Crippen MR) is 97.0 cm³/mol. The number of nitrogens with one attached hydrogen (secondary N) is 2. The van der Waals surface area contributed by atoms with Crippen LogP contribution in [0.4, 0.5) is 4.79 Å². The highest BCUT2D eigenvalue weighted by molar-refractivity contribution is 6.09. The van der Waals surface area contributed by atoms with E-state index in [2.05, 4.69) is 10.6 Å². The first-order chi connectivity index (χ1) is 13.5. The van der Waals surface area contributed by atoms with Crippen molar-refractivity contribution in [3.05, 3.63) is 23.8 Å². The van der Waals surface area contributed by atoms with Crippen molar-refractivity contribution < 1.29 is 28.6 Å². The van der Waals surface area contributed by atoms with Crippen LogP contribution < -0.4 is 20.1 Å². The second kappa shape index (κ2) is 7.31. The van der Waals surface area contributed by atoms with Crippen molar-refractivity contribution in [3.63, 3.8) is 0 Å². The topological polar surface area (TPSA) is 106 Å². The summed E-state index contributed by atoms with van der Waals surface area (Å²) in [5.74, 6) is 0.243. The van der Waals surface area contributed by atoms with E-state index in [1.165, 1.54) is 0 Å². The third kappa shape index (κ3) is 3.37. The first kappa shape index (κ1) is 18.5. The Morgan fingerprint density at radius 1 is 1.25 bits per heavy atom. The minimum Gasteiger partial charge on any atom is -0.486 e. The van der Waals surface area contributed by atoms with Gasteiger partial charge in [0.25, 0.3) is 5.91 Å². The van der Waals surface area contributed by atoms with Crippen molar-refractivity contribution in [1.82, 2.24) is 15.5 Å². The molecule has 0 spiro atoms. The summed E-state index contributed by atoms with van der Waals surface area (Å²) < 4.78 is 16.5. The third-order valence-electron chi connectivity index (χ3n) is 5.25. The van der Waals surface area contributed by atoms with E-state index < -0.39 is 23.4 Å². The van der Waals surface area contributed by atoms with Gasteiger partial charge in [-0.3, -0.25) is 14.5 Å². The van der Waals surface area contributed by atoms with Crippen LogP contribution in [-0.2, 0) is 19.9 Å². The molecule has 3 aliphatic rings. The van der Waals surface area contributed by atoms with E-state index in [1.807, 2.05) is 0 Å². The van der Waals surface area contributed by atoms with Gasteiger partial charge < -0.3 is 24.8 Å². The zero-order valence-electron chi connectivity index (χ0n) is 15.7. The first-order valence-electron chi connectivity index (χ1n) is 9.40. The predicted octanol–water partition coefficient (Wildman–Crippen LogP) is 0.520. The third-order valence-corrected chi connectivity index (χ3v) is 5.25. The van der Waals surface area contributed by atoms with Crippen LogP contribution in [0.15, 0.2) is 18.2 Å². The Morgan fingerprint density at radius 3 is 2.79 bits per heavy atom. The van der Waals surface area contributed by atoms with Crippen molar-refractivity contribution in [3.8, 4) is 11.5 Å². The number of rotatable bonds is 5. The molecular weight excluding hydrogens is 366 g/mol. The molecule has 4 amide bonds. The highest BCUT2D eigenvalue weighted by atomic mass is 16.6. The van der Waals surface area contributed by atoms with Crippen LogP contribution in [0.3, 0.4) is 0 Å². The SMILES string of the molecule is C[C@@]1(c2ccc3c(c2)OCCO3)NC(=O)N(CC(=O)NC[C@@H]2CCCO2)C1=O. The van der Waals surface area contributed by atoms with Gasteiger partial charge in [0.1, 0.15) is 25.3 Å². The van der Waals surface area contributed by atoms with Crippen LogP contribution in [0.1, 0.15) is 25.3 Å². The molecule has 1 aromatic rings. The second-order valence-corrected chi connectivity index (χ2v) is 7.24. The molecule has 0 saturated carbocycles. The summed E-state index contributed by atoms with van der Waals surface area (Å²) in [6, 6.07) is 4.51. The summed E-state index contributed by atoms with van der Waals surface area (Å²) in [7, 11) is 0. The summed E-state index contributed by atoms with van der Waals surface area (Å²) in [4.78, 5) is 38.5. The monoisotopic (exact) mass is 389 g/mol. The zero-order chi connectivity index (χ0) is 19.7. The summed E-state index contributed by atoms with van der Waals surface area (Å²) >= 11 is 0. The normalized spacial score (nSPS) is 26.3. The van der Waals surface area contributed by atoms with E-state index >= 15 is 0 Å². The Morgan fingerprint density at radius 2 is 2.04 bits per heavy atom. The molecule has 28 heavy (non-hydrogen) atoms. The molecule has 0 radical (unpaired) electrons. The highest BCUT2D eigenvalue weighted by Crippen LogP contribution is 2.36. The van der Waals surface area contributed by atoms with Gasteiger partial charge in [0.15, 0.2) is 11.5 Å². The van der Waals surface area contributed by atoms with Gasteiger partial charge in [-0.2, -0.15) is 0 Å². The number of urea groups is 1. The Bertz CT molecular complexity index is 807. The lowest BCUT2D eigenvalue weighted by Crippen LogP contribution is -2.44. The highest BCUT2D eigenvalue weighted by Gasteiger charge is 2.49. The van der Waals surface area contributed by atoms with Crippen LogP contribution in [0.25, 0.3) is 0 Å². The van der Waals surface area contributed by atoms with Gasteiger partial charge in [-0.05, 0) is 37.5 Å². The van der Waals surface area contributed by atoms with Crippen LogP contribution in [-0.4, -0.2) is 61.8 Å². The molecule has 0 bridgehead atoms. The molecule has 150 valence electrons. The average molecular weight is 389 g/mol. The average Bonchev–Trinajstić information content (AvgIpc) is 3.29. The van der Waals surface area contributed by atoms with Gasteiger partial charge in [0, 0.05) is 13.2 Å². The minimum atomic E-state index is -1.28. The molecule has 2 saturated heterocycles. The van der Waals surface area contributed by atoms with Crippen molar-refractivity contribution in [2.75, 3.05) is 32.9 Å². The fourth-order valence-corrected chi connectivity index (χ4v) is 3.62. The maximum Gasteiger partial charge on any atom is 0.325 e. The van der Waals surface area contributed by atoms with Crippen molar-refractivity contribution in [2.45, 2.75) is 31.4 Å². The lowest BCUT2D eigenvalue weighted by molar-refractivity contribution is -0.134. The van der Waals surface area contributed by atoms with E-state index in [0.717, 1.165) is 17.7 Å². The molecule has 2 fully saturated rings. The summed E-state index contributed by atoms with van der Waals surface area (Å²) in [5, 5.41) is 5.42. The number of hydrogen-bond donors (Lipinski definition) is 2. The van der Waals surface area contributed by atoms with E-state index in [-0.39, 0.29) is 12.6 Å². The molecular formula is C19H23N3O6. The largest absolute Gasteiger partial charge is 0.486 e. The quantitative estimate of drug-likeness (QED) is 0.712. The van der Waals surface area contributed by atoms with Gasteiger partial charge in [0.2, 0.25) is 5.91 Å². The molecule has 0 unspecified atom stereocenters. The van der Waals surface area contributed by atoms with Gasteiger partial charge in [-0.15, -0.1) is 0 Å². The summed E-state index contributed by atoms with van der Waals surface area (Å²) in [6.45, 7) is 3.24. The fourth-order valence-electron chi connectivity index (χ4n) is 3.62. The van der Waals surface area contributed by atoms with Crippen LogP contribution >= 0.6 is 0 Å². The summed E-state index contributed by atoms with van der Waals surface area (Å²) in [5.41, 5.74) is -0.709. The molecule has 4 rings (SSSR count). The van der Waals surface area contributed by atoms with Crippen LogP contribution in [0, 0.1) is 0 Å². The van der Waals surface area contributed by atoms with Crippen LogP contribution in [0.5, 0.6) is 11.5 Å². The molecule has 0 aliphatic carbocycles. The molecule has 3 heterocycles.